The van der Waals surface area contributed by atoms with Crippen LogP contribution >= 0.6 is 0 Å². The highest BCUT2D eigenvalue weighted by atomic mass is 16.5. The van der Waals surface area contributed by atoms with Gasteiger partial charge in [0.05, 0.1) is 12.1 Å². The fourth-order valence-electron chi connectivity index (χ4n) is 7.93. The number of Topliss-reactive ketones (excluding diaryl/α,β-unsaturated/α-hetero) is 3. The lowest BCUT2D eigenvalue weighted by atomic mass is 9.87. The summed E-state index contributed by atoms with van der Waals surface area (Å²) in [7, 11) is 1.53. The van der Waals surface area contributed by atoms with Crippen molar-refractivity contribution in [2.24, 2.45) is 29.0 Å². The molecule has 0 saturated heterocycles. The van der Waals surface area contributed by atoms with Gasteiger partial charge in [0.15, 0.2) is 17.3 Å². The summed E-state index contributed by atoms with van der Waals surface area (Å²) in [4.78, 5) is 71.8. The van der Waals surface area contributed by atoms with Crippen LogP contribution in [-0.4, -0.2) is 80.0 Å². The van der Waals surface area contributed by atoms with Crippen LogP contribution in [0.3, 0.4) is 0 Å². The summed E-state index contributed by atoms with van der Waals surface area (Å²) in [5, 5.41) is 12.1. The molecule has 0 spiro atoms. The van der Waals surface area contributed by atoms with E-state index in [0.29, 0.717) is 39.3 Å². The van der Waals surface area contributed by atoms with Gasteiger partial charge < -0.3 is 36.9 Å². The number of ketones is 3. The first-order chi connectivity index (χ1) is 29.4. The number of unbranched alkanes of at least 4 members (excludes halogenated alkanes) is 3. The van der Waals surface area contributed by atoms with Crippen molar-refractivity contribution in [3.8, 4) is 28.7 Å². The molecule has 13 heteroatoms. The summed E-state index contributed by atoms with van der Waals surface area (Å²) in [6, 6.07) is 16.3. The molecule has 1 aliphatic heterocycles. The number of hydrogen-bond acceptors (Lipinski definition) is 11. The molecule has 4 rings (SSSR count). The zero-order valence-electron chi connectivity index (χ0n) is 36.3. The quantitative estimate of drug-likeness (QED) is 0.0752. The van der Waals surface area contributed by atoms with Crippen LogP contribution in [0.1, 0.15) is 110 Å². The Balaban J connectivity index is 1.81. The maximum absolute atomic E-state index is 14.7. The SMILES string of the molecule is CCCCCCc1ccc(C(=O)CC(CCN)C(=O)N(C)C2C(=O)CC(C)C(=O)NC(C(=O)CCC#N)Cc3ccc(OCCN)c(c3)-c3cc2ccc3OCCN)c(C)c1. The van der Waals surface area contributed by atoms with Gasteiger partial charge in [0.25, 0.3) is 0 Å². The molecule has 0 aliphatic carbocycles. The van der Waals surface area contributed by atoms with Crippen LogP contribution in [-0.2, 0) is 32.0 Å². The van der Waals surface area contributed by atoms with Gasteiger partial charge in [0, 0.05) is 74.3 Å². The van der Waals surface area contributed by atoms with E-state index in [9.17, 15) is 29.2 Å². The third kappa shape index (κ3) is 13.3. The second-order valence-electron chi connectivity index (χ2n) is 16.0. The van der Waals surface area contributed by atoms with E-state index < -0.39 is 41.5 Å². The van der Waals surface area contributed by atoms with Crippen LogP contribution in [0, 0.1) is 30.1 Å². The Labute approximate surface area is 360 Å². The molecular formula is C48H64N6O7. The Morgan fingerprint density at radius 2 is 1.59 bits per heavy atom. The molecule has 3 aromatic carbocycles. The summed E-state index contributed by atoms with van der Waals surface area (Å²) in [6.45, 7) is 6.65. The van der Waals surface area contributed by atoms with Gasteiger partial charge in [-0.25, -0.2) is 0 Å². The van der Waals surface area contributed by atoms with Crippen molar-refractivity contribution < 1.29 is 33.4 Å². The van der Waals surface area contributed by atoms with Crippen LogP contribution in [0.25, 0.3) is 11.1 Å². The Morgan fingerprint density at radius 1 is 0.902 bits per heavy atom. The van der Waals surface area contributed by atoms with Crippen LogP contribution < -0.4 is 32.0 Å². The van der Waals surface area contributed by atoms with Gasteiger partial charge in [0.1, 0.15) is 30.8 Å². The van der Waals surface area contributed by atoms with Gasteiger partial charge >= 0.3 is 0 Å². The van der Waals surface area contributed by atoms with Gasteiger partial charge in [-0.2, -0.15) is 5.26 Å². The lowest BCUT2D eigenvalue weighted by Gasteiger charge is -2.32. The van der Waals surface area contributed by atoms with E-state index in [1.54, 1.807) is 37.3 Å². The van der Waals surface area contributed by atoms with Crippen molar-refractivity contribution in [1.29, 1.82) is 5.26 Å². The molecule has 4 unspecified atom stereocenters. The number of nitrogens with zero attached hydrogens (tertiary/aromatic N) is 2. The van der Waals surface area contributed by atoms with E-state index >= 15 is 0 Å². The van der Waals surface area contributed by atoms with Crippen molar-refractivity contribution in [1.82, 2.24) is 10.2 Å². The zero-order chi connectivity index (χ0) is 44.5. The number of nitrogens with two attached hydrogens (primary N) is 3. The normalized spacial score (nSPS) is 17.0. The first-order valence-corrected chi connectivity index (χ1v) is 21.6. The number of carbonyl (C=O) groups excluding carboxylic acids is 5. The van der Waals surface area contributed by atoms with E-state index in [2.05, 4.69) is 12.2 Å². The number of ether oxygens (including phenoxy) is 2. The molecule has 4 atom stereocenters. The molecule has 3 aromatic rings. The van der Waals surface area contributed by atoms with E-state index in [0.717, 1.165) is 31.2 Å². The topological polar surface area (TPSA) is 221 Å². The predicted molar refractivity (Wildman–Crippen MR) is 236 cm³/mol. The number of carbonyl (C=O) groups is 5. The second kappa shape index (κ2) is 24.1. The highest BCUT2D eigenvalue weighted by Gasteiger charge is 2.36. The Morgan fingerprint density at radius 3 is 2.23 bits per heavy atom. The monoisotopic (exact) mass is 836 g/mol. The average molecular weight is 837 g/mol. The maximum atomic E-state index is 14.7. The van der Waals surface area contributed by atoms with Gasteiger partial charge in [-0.05, 0) is 85.7 Å². The number of hydrogen-bond donors (Lipinski definition) is 4. The van der Waals surface area contributed by atoms with Crippen molar-refractivity contribution in [2.45, 2.75) is 103 Å². The smallest absolute Gasteiger partial charge is 0.226 e. The minimum Gasteiger partial charge on any atom is -0.492 e. The number of benzene rings is 3. The highest BCUT2D eigenvalue weighted by molar-refractivity contribution is 6.01. The zero-order valence-corrected chi connectivity index (χ0v) is 36.3. The molecule has 7 N–H and O–H groups in total. The number of likely N-dealkylation sites (N-methyl/N-ethyl adjacent to an activating group) is 1. The Bertz CT molecular complexity index is 2040. The minimum atomic E-state index is -1.19. The molecule has 0 aromatic heterocycles. The van der Waals surface area contributed by atoms with Crippen LogP contribution in [0.2, 0.25) is 0 Å². The molecular weight excluding hydrogens is 773 g/mol. The minimum absolute atomic E-state index is 0.0190. The summed E-state index contributed by atoms with van der Waals surface area (Å²) < 4.78 is 12.2. The van der Waals surface area contributed by atoms with Crippen LogP contribution in [0.5, 0.6) is 11.5 Å². The van der Waals surface area contributed by atoms with Gasteiger partial charge in [-0.1, -0.05) is 63.4 Å². The molecule has 2 amide bonds. The lowest BCUT2D eigenvalue weighted by Crippen LogP contribution is -2.46. The third-order valence-corrected chi connectivity index (χ3v) is 11.2. The number of rotatable bonds is 21. The average Bonchev–Trinajstić information content (AvgIpc) is 3.24. The standard InChI is InChI=1S/C48H64N6O7/c1-5-6-7-8-10-33-12-15-37(31(2)25-33)42(56)30-36(18-20-50)48(59)54(4)46-35-14-17-45(61-24-22-52)39(29-35)38-27-34(13-16-44(38)60-23-21-51)28-40(41(55)11-9-19-49)53-47(58)32(3)26-43(46)57/h12-17,25,27,29,32,36,40,46H,5-11,18,20-24,26,28,30,50-52H2,1-4H3,(H,53,58). The summed E-state index contributed by atoms with van der Waals surface area (Å²) in [5.74, 6) is -2.73. The van der Waals surface area contributed by atoms with E-state index in [1.807, 2.05) is 37.3 Å². The molecule has 1 heterocycles. The molecule has 328 valence electrons. The fraction of sp³-hybridized carbons (Fsp3) is 0.500. The van der Waals surface area contributed by atoms with Crippen LogP contribution in [0.4, 0.5) is 0 Å². The molecule has 1 aliphatic rings. The van der Waals surface area contributed by atoms with Crippen molar-refractivity contribution >= 4 is 29.2 Å². The molecule has 0 radical (unpaired) electrons. The molecule has 4 bridgehead atoms. The molecule has 0 saturated carbocycles. The second-order valence-corrected chi connectivity index (χ2v) is 16.0. The Kier molecular flexibility index (Phi) is 19.1. The molecule has 13 nitrogen and oxygen atoms in total. The van der Waals surface area contributed by atoms with Crippen molar-refractivity contribution in [3.05, 3.63) is 82.4 Å². The lowest BCUT2D eigenvalue weighted by molar-refractivity contribution is -0.142. The molecule has 0 fully saturated rings. The maximum Gasteiger partial charge on any atom is 0.226 e. The summed E-state index contributed by atoms with van der Waals surface area (Å²) in [5.41, 5.74) is 22.5. The number of nitrogens with one attached hydrogen (secondary N) is 1. The predicted octanol–water partition coefficient (Wildman–Crippen LogP) is 5.71. The van der Waals surface area contributed by atoms with Gasteiger partial charge in [0.2, 0.25) is 11.8 Å². The van der Waals surface area contributed by atoms with E-state index in [-0.39, 0.29) is 82.9 Å². The van der Waals surface area contributed by atoms with E-state index in [1.165, 1.54) is 23.9 Å². The summed E-state index contributed by atoms with van der Waals surface area (Å²) >= 11 is 0. The number of nitriles is 1. The number of amides is 2. The van der Waals surface area contributed by atoms with Gasteiger partial charge in [-0.3, -0.25) is 24.0 Å². The Hall–Kier alpha value is -5.42. The largest absolute Gasteiger partial charge is 0.492 e. The first-order valence-electron chi connectivity index (χ1n) is 21.6. The highest BCUT2D eigenvalue weighted by Crippen LogP contribution is 2.41. The van der Waals surface area contributed by atoms with Crippen LogP contribution in [0.15, 0.2) is 54.6 Å². The first kappa shape index (κ1) is 48.2. The van der Waals surface area contributed by atoms with Gasteiger partial charge in [-0.15, -0.1) is 0 Å². The summed E-state index contributed by atoms with van der Waals surface area (Å²) in [6.07, 6.45) is 5.36. The van der Waals surface area contributed by atoms with E-state index in [4.69, 9.17) is 26.7 Å². The number of aryl methyl sites for hydroxylation is 2. The third-order valence-electron chi connectivity index (χ3n) is 11.2. The van der Waals surface area contributed by atoms with Crippen molar-refractivity contribution in [2.75, 3.05) is 39.9 Å². The number of fused-ring (bicyclic) bond motifs is 5. The van der Waals surface area contributed by atoms with Crippen molar-refractivity contribution in [3.63, 3.8) is 0 Å². The fourth-order valence-corrected chi connectivity index (χ4v) is 7.93. The molecule has 61 heavy (non-hydrogen) atoms.